The summed E-state index contributed by atoms with van der Waals surface area (Å²) in [4.78, 5) is 12.4. The Morgan fingerprint density at radius 2 is 2.15 bits per heavy atom. The van der Waals surface area contributed by atoms with Gasteiger partial charge in [0.2, 0.25) is 0 Å². The van der Waals surface area contributed by atoms with Crippen LogP contribution in [0.1, 0.15) is 6.92 Å². The zero-order valence-electron chi connectivity index (χ0n) is 11.3. The second-order valence-electron chi connectivity index (χ2n) is 4.78. The lowest BCUT2D eigenvalue weighted by molar-refractivity contribution is -0.387. The number of benzene rings is 1. The molecule has 0 aliphatic carbocycles. The predicted octanol–water partition coefficient (Wildman–Crippen LogP) is 1.94. The normalized spacial score (nSPS) is 19.9. The van der Waals surface area contributed by atoms with Crippen molar-refractivity contribution in [1.29, 1.82) is 0 Å². The molecule has 0 aromatic heterocycles. The molecule has 0 bridgehead atoms. The first-order chi connectivity index (χ1) is 9.30. The molecule has 1 saturated heterocycles. The maximum absolute atomic E-state index is 11.7. The van der Waals surface area contributed by atoms with E-state index in [0.717, 1.165) is 12.0 Å². The van der Waals surface area contributed by atoms with Crippen molar-refractivity contribution in [3.05, 3.63) is 28.3 Å². The van der Waals surface area contributed by atoms with Gasteiger partial charge in [-0.15, -0.1) is 0 Å². The first kappa shape index (κ1) is 15.1. The van der Waals surface area contributed by atoms with Gasteiger partial charge in [0.1, 0.15) is 10.6 Å². The van der Waals surface area contributed by atoms with Gasteiger partial charge in [-0.2, -0.15) is 11.8 Å². The average Bonchev–Trinajstić information content (AvgIpc) is 2.36. The third-order valence-corrected chi connectivity index (χ3v) is 5.41. The topological polar surface area (TPSA) is 80.5 Å². The van der Waals surface area contributed by atoms with E-state index in [1.165, 1.54) is 6.07 Å². The molecule has 20 heavy (non-hydrogen) atoms. The summed E-state index contributed by atoms with van der Waals surface area (Å²) >= 11 is 1.81. The molecule has 1 aromatic carbocycles. The minimum absolute atomic E-state index is 0.217. The van der Waals surface area contributed by atoms with E-state index in [4.69, 9.17) is 0 Å². The summed E-state index contributed by atoms with van der Waals surface area (Å²) < 4.78 is 23.5. The smallest absolute Gasteiger partial charge is 0.311 e. The molecule has 1 unspecified atom stereocenters. The molecule has 1 aliphatic rings. The molecule has 0 saturated carbocycles. The monoisotopic (exact) mass is 316 g/mol. The van der Waals surface area contributed by atoms with Crippen LogP contribution in [0.3, 0.4) is 0 Å². The standard InChI is InChI=1S/C12H16N2O4S2/c1-9-8-13(6-7-19-9)10-4-3-5-11(20(2,17)18)12(10)14(15)16/h3-5,9H,6-8H2,1-2H3. The fraction of sp³-hybridized carbons (Fsp3) is 0.500. The van der Waals surface area contributed by atoms with Gasteiger partial charge in [0, 0.05) is 30.3 Å². The maximum atomic E-state index is 11.7. The van der Waals surface area contributed by atoms with Crippen molar-refractivity contribution in [2.24, 2.45) is 0 Å². The van der Waals surface area contributed by atoms with Crippen molar-refractivity contribution in [1.82, 2.24) is 0 Å². The van der Waals surface area contributed by atoms with Crippen molar-refractivity contribution >= 4 is 33.0 Å². The van der Waals surface area contributed by atoms with Crippen LogP contribution < -0.4 is 4.90 Å². The van der Waals surface area contributed by atoms with Gasteiger partial charge < -0.3 is 4.90 Å². The van der Waals surface area contributed by atoms with Gasteiger partial charge in [-0.3, -0.25) is 10.1 Å². The molecule has 2 rings (SSSR count). The molecular weight excluding hydrogens is 300 g/mol. The second kappa shape index (κ2) is 5.61. The van der Waals surface area contributed by atoms with Crippen molar-refractivity contribution in [2.45, 2.75) is 17.1 Å². The Labute approximate surface area is 122 Å². The van der Waals surface area contributed by atoms with E-state index in [1.54, 1.807) is 12.1 Å². The van der Waals surface area contributed by atoms with Crippen LogP contribution >= 0.6 is 11.8 Å². The van der Waals surface area contributed by atoms with Crippen LogP contribution in [-0.4, -0.2) is 43.7 Å². The Hall–Kier alpha value is -1.28. The number of hydrogen-bond acceptors (Lipinski definition) is 6. The number of thioether (sulfide) groups is 1. The number of sulfone groups is 1. The van der Waals surface area contributed by atoms with Crippen molar-refractivity contribution in [3.63, 3.8) is 0 Å². The summed E-state index contributed by atoms with van der Waals surface area (Å²) in [5, 5.41) is 11.7. The van der Waals surface area contributed by atoms with Gasteiger partial charge in [-0.05, 0) is 12.1 Å². The van der Waals surface area contributed by atoms with E-state index in [0.29, 0.717) is 24.0 Å². The number of rotatable bonds is 3. The summed E-state index contributed by atoms with van der Waals surface area (Å²) in [6, 6.07) is 4.47. The predicted molar refractivity (Wildman–Crippen MR) is 80.3 cm³/mol. The van der Waals surface area contributed by atoms with E-state index < -0.39 is 14.8 Å². The molecule has 1 heterocycles. The summed E-state index contributed by atoms with van der Waals surface area (Å²) in [5.74, 6) is 0.876. The van der Waals surface area contributed by atoms with Gasteiger partial charge in [0.05, 0.1) is 4.92 Å². The lowest BCUT2D eigenvalue weighted by Crippen LogP contribution is -2.37. The van der Waals surface area contributed by atoms with Crippen molar-refractivity contribution in [2.75, 3.05) is 30.0 Å². The average molecular weight is 316 g/mol. The SMILES string of the molecule is CC1CN(c2cccc(S(C)(=O)=O)c2[N+](=O)[O-])CCS1. The minimum atomic E-state index is -3.63. The number of hydrogen-bond donors (Lipinski definition) is 0. The minimum Gasteiger partial charge on any atom is -0.364 e. The summed E-state index contributed by atoms with van der Waals surface area (Å²) in [6.07, 6.45) is 0.994. The molecule has 0 N–H and O–H groups in total. The Morgan fingerprint density at radius 3 is 2.70 bits per heavy atom. The van der Waals surface area contributed by atoms with Crippen LogP contribution in [-0.2, 0) is 9.84 Å². The number of para-hydroxylation sites is 1. The molecule has 0 amide bonds. The molecule has 0 spiro atoms. The molecule has 1 aliphatic heterocycles. The third kappa shape index (κ3) is 3.06. The molecule has 1 fully saturated rings. The molecule has 110 valence electrons. The van der Waals surface area contributed by atoms with Gasteiger partial charge in [-0.25, -0.2) is 8.42 Å². The Bertz CT molecular complexity index is 630. The maximum Gasteiger partial charge on any atom is 0.311 e. The highest BCUT2D eigenvalue weighted by Crippen LogP contribution is 2.36. The zero-order chi connectivity index (χ0) is 14.9. The van der Waals surface area contributed by atoms with Crippen LogP contribution in [0.15, 0.2) is 23.1 Å². The van der Waals surface area contributed by atoms with Gasteiger partial charge in [0.15, 0.2) is 9.84 Å². The fourth-order valence-corrected chi connectivity index (χ4v) is 4.16. The van der Waals surface area contributed by atoms with Gasteiger partial charge >= 0.3 is 5.69 Å². The fourth-order valence-electron chi connectivity index (χ4n) is 2.29. The van der Waals surface area contributed by atoms with E-state index >= 15 is 0 Å². The second-order valence-corrected chi connectivity index (χ2v) is 8.31. The summed E-state index contributed by atoms with van der Waals surface area (Å²) in [6.45, 7) is 3.42. The highest BCUT2D eigenvalue weighted by molar-refractivity contribution is 8.00. The quantitative estimate of drug-likeness (QED) is 0.626. The first-order valence-electron chi connectivity index (χ1n) is 6.14. The Kier molecular flexibility index (Phi) is 4.24. The largest absolute Gasteiger partial charge is 0.364 e. The van der Waals surface area contributed by atoms with Crippen LogP contribution in [0.2, 0.25) is 0 Å². The van der Waals surface area contributed by atoms with Crippen LogP contribution in [0.25, 0.3) is 0 Å². The highest BCUT2D eigenvalue weighted by atomic mass is 32.2. The van der Waals surface area contributed by atoms with Crippen molar-refractivity contribution in [3.8, 4) is 0 Å². The molecule has 1 aromatic rings. The number of nitro benzene ring substituents is 1. The molecule has 8 heteroatoms. The van der Waals surface area contributed by atoms with E-state index in [-0.39, 0.29) is 10.6 Å². The van der Waals surface area contributed by atoms with Crippen LogP contribution in [0, 0.1) is 10.1 Å². The van der Waals surface area contributed by atoms with Crippen molar-refractivity contribution < 1.29 is 13.3 Å². The number of anilines is 1. The van der Waals surface area contributed by atoms with Crippen LogP contribution in [0.4, 0.5) is 11.4 Å². The Morgan fingerprint density at radius 1 is 1.45 bits per heavy atom. The lowest BCUT2D eigenvalue weighted by Gasteiger charge is -2.32. The molecule has 6 nitrogen and oxygen atoms in total. The molecule has 1 atom stereocenters. The van der Waals surface area contributed by atoms with E-state index in [9.17, 15) is 18.5 Å². The van der Waals surface area contributed by atoms with E-state index in [2.05, 4.69) is 6.92 Å². The first-order valence-corrected chi connectivity index (χ1v) is 9.08. The summed E-state index contributed by atoms with van der Waals surface area (Å²) in [5.41, 5.74) is 0.0826. The molecule has 0 radical (unpaired) electrons. The highest BCUT2D eigenvalue weighted by Gasteiger charge is 2.30. The third-order valence-electron chi connectivity index (χ3n) is 3.14. The summed E-state index contributed by atoms with van der Waals surface area (Å²) in [7, 11) is -3.63. The van der Waals surface area contributed by atoms with E-state index in [1.807, 2.05) is 16.7 Å². The number of nitrogens with zero attached hydrogens (tertiary/aromatic N) is 2. The van der Waals surface area contributed by atoms with Gasteiger partial charge in [-0.1, -0.05) is 13.0 Å². The zero-order valence-corrected chi connectivity index (χ0v) is 12.9. The molecular formula is C12H16N2O4S2. The van der Waals surface area contributed by atoms with Gasteiger partial charge in [0.25, 0.3) is 0 Å². The number of nitro groups is 1. The lowest BCUT2D eigenvalue weighted by atomic mass is 10.2. The Balaban J connectivity index is 2.56. The van der Waals surface area contributed by atoms with Crippen LogP contribution in [0.5, 0.6) is 0 Å².